The zero-order valence-electron chi connectivity index (χ0n) is 9.18. The smallest absolute Gasteiger partial charge is 0.0258 e. The van der Waals surface area contributed by atoms with E-state index in [2.05, 4.69) is 46.5 Å². The van der Waals surface area contributed by atoms with Gasteiger partial charge in [-0.2, -0.15) is 0 Å². The van der Waals surface area contributed by atoms with Gasteiger partial charge in [-0.1, -0.05) is 33.3 Å². The van der Waals surface area contributed by atoms with E-state index < -0.39 is 0 Å². The number of aliphatic imine (C=N–C) groups is 1. The Kier molecular flexibility index (Phi) is 4.87. The van der Waals surface area contributed by atoms with Crippen molar-refractivity contribution in [2.45, 2.75) is 41.5 Å². The summed E-state index contributed by atoms with van der Waals surface area (Å²) in [6.45, 7) is 12.9. The summed E-state index contributed by atoms with van der Waals surface area (Å²) < 4.78 is 0. The van der Waals surface area contributed by atoms with Gasteiger partial charge in [-0.15, -0.1) is 0 Å². The zero-order chi connectivity index (χ0) is 9.72. The molecule has 0 atom stereocenters. The van der Waals surface area contributed by atoms with Crippen LogP contribution in [0.1, 0.15) is 41.5 Å². The molecule has 12 heavy (non-hydrogen) atoms. The minimum absolute atomic E-state index is 0.557. The summed E-state index contributed by atoms with van der Waals surface area (Å²) in [5.74, 6) is 1.16. The van der Waals surface area contributed by atoms with Gasteiger partial charge in [0.25, 0.3) is 0 Å². The predicted molar refractivity (Wildman–Crippen MR) is 56.5 cm³/mol. The van der Waals surface area contributed by atoms with Crippen LogP contribution in [-0.2, 0) is 0 Å². The molecule has 0 amide bonds. The normalized spacial score (nSPS) is 14.7. The van der Waals surface area contributed by atoms with Crippen molar-refractivity contribution in [1.29, 1.82) is 0 Å². The van der Waals surface area contributed by atoms with E-state index in [1.807, 2.05) is 6.20 Å². The molecular formula is C11H21N. The van der Waals surface area contributed by atoms with Gasteiger partial charge in [0.1, 0.15) is 0 Å². The molecule has 0 heterocycles. The highest BCUT2D eigenvalue weighted by Gasteiger charge is 1.97. The van der Waals surface area contributed by atoms with Crippen LogP contribution >= 0.6 is 0 Å². The number of hydrogen-bond donors (Lipinski definition) is 0. The molecule has 0 radical (unpaired) electrons. The Labute approximate surface area is 76.6 Å². The molecule has 1 nitrogen and oxygen atoms in total. The fraction of sp³-hybridized carbons (Fsp3) is 0.727. The van der Waals surface area contributed by atoms with Gasteiger partial charge in [0, 0.05) is 11.9 Å². The Morgan fingerprint density at radius 3 is 1.83 bits per heavy atom. The van der Waals surface area contributed by atoms with E-state index in [4.69, 9.17) is 0 Å². The molecule has 70 valence electrons. The van der Waals surface area contributed by atoms with Crippen LogP contribution in [0.25, 0.3) is 0 Å². The third-order valence-electron chi connectivity index (χ3n) is 2.22. The largest absolute Gasteiger partial charge is 0.266 e. The fourth-order valence-electron chi connectivity index (χ4n) is 0.502. The van der Waals surface area contributed by atoms with Crippen LogP contribution in [0, 0.1) is 11.8 Å². The molecule has 0 unspecified atom stereocenters. The Bertz CT molecular complexity index is 163. The predicted octanol–water partition coefficient (Wildman–Crippen LogP) is 3.66. The minimum atomic E-state index is 0.557. The molecule has 0 aliphatic carbocycles. The van der Waals surface area contributed by atoms with Crippen molar-refractivity contribution < 1.29 is 0 Å². The van der Waals surface area contributed by atoms with Crippen LogP contribution < -0.4 is 0 Å². The lowest BCUT2D eigenvalue weighted by molar-refractivity contribution is 0.765. The van der Waals surface area contributed by atoms with E-state index in [0.717, 1.165) is 0 Å². The van der Waals surface area contributed by atoms with Crippen LogP contribution in [0.15, 0.2) is 16.8 Å². The van der Waals surface area contributed by atoms with Crippen molar-refractivity contribution in [3.63, 3.8) is 0 Å². The second-order valence-electron chi connectivity index (χ2n) is 3.95. The average molecular weight is 167 g/mol. The van der Waals surface area contributed by atoms with Crippen LogP contribution in [0.3, 0.4) is 0 Å². The number of allylic oxidation sites excluding steroid dienone is 1. The maximum absolute atomic E-state index is 4.40. The van der Waals surface area contributed by atoms with Gasteiger partial charge in [0.2, 0.25) is 0 Å². The Morgan fingerprint density at radius 2 is 1.50 bits per heavy atom. The molecule has 0 aromatic heterocycles. The first kappa shape index (κ1) is 11.4. The molecule has 0 saturated carbocycles. The summed E-state index contributed by atoms with van der Waals surface area (Å²) in [6, 6.07) is 0. The highest BCUT2D eigenvalue weighted by atomic mass is 14.7. The highest BCUT2D eigenvalue weighted by molar-refractivity contribution is 5.84. The lowest BCUT2D eigenvalue weighted by Crippen LogP contribution is -2.00. The first-order valence-electron chi connectivity index (χ1n) is 4.66. The van der Waals surface area contributed by atoms with E-state index in [9.17, 15) is 0 Å². The standard InChI is InChI=1S/C11H21N/c1-8(2)10(5)7-12-11(6)9(3)4/h7-9H,1-6H3/b10-7+,12-11+. The van der Waals surface area contributed by atoms with E-state index in [0.29, 0.717) is 11.8 Å². The Hall–Kier alpha value is -0.590. The molecule has 0 aliphatic heterocycles. The van der Waals surface area contributed by atoms with Gasteiger partial charge >= 0.3 is 0 Å². The molecule has 1 heteroatoms. The molecule has 0 aliphatic rings. The van der Waals surface area contributed by atoms with Crippen molar-refractivity contribution in [1.82, 2.24) is 0 Å². The van der Waals surface area contributed by atoms with Crippen LogP contribution in [0.2, 0.25) is 0 Å². The van der Waals surface area contributed by atoms with Crippen LogP contribution in [0.5, 0.6) is 0 Å². The van der Waals surface area contributed by atoms with E-state index in [1.165, 1.54) is 11.3 Å². The SMILES string of the molecule is C/C(=C\N=C(/C)C(C)C)C(C)C. The number of hydrogen-bond acceptors (Lipinski definition) is 1. The van der Waals surface area contributed by atoms with Gasteiger partial charge in [0.15, 0.2) is 0 Å². The van der Waals surface area contributed by atoms with Crippen molar-refractivity contribution in [2.75, 3.05) is 0 Å². The van der Waals surface area contributed by atoms with Gasteiger partial charge in [0.05, 0.1) is 0 Å². The molecule has 0 aromatic rings. The molecule has 0 fully saturated rings. The van der Waals surface area contributed by atoms with Crippen molar-refractivity contribution >= 4 is 5.71 Å². The maximum Gasteiger partial charge on any atom is 0.0258 e. The third-order valence-corrected chi connectivity index (χ3v) is 2.22. The first-order valence-corrected chi connectivity index (χ1v) is 4.66. The third kappa shape index (κ3) is 4.32. The summed E-state index contributed by atoms with van der Waals surface area (Å²) in [7, 11) is 0. The highest BCUT2D eigenvalue weighted by Crippen LogP contribution is 2.08. The Morgan fingerprint density at radius 1 is 1.00 bits per heavy atom. The van der Waals surface area contributed by atoms with Gasteiger partial charge in [-0.3, -0.25) is 4.99 Å². The molecule has 0 rings (SSSR count). The summed E-state index contributed by atoms with van der Waals surface area (Å²) in [5.41, 5.74) is 2.55. The van der Waals surface area contributed by atoms with E-state index in [1.54, 1.807) is 0 Å². The van der Waals surface area contributed by atoms with Gasteiger partial charge in [-0.05, 0) is 25.7 Å². The summed E-state index contributed by atoms with van der Waals surface area (Å²) >= 11 is 0. The molecule has 0 saturated heterocycles. The minimum Gasteiger partial charge on any atom is -0.266 e. The average Bonchev–Trinajstić information content (AvgIpc) is 1.98. The number of rotatable bonds is 3. The van der Waals surface area contributed by atoms with E-state index >= 15 is 0 Å². The lowest BCUT2D eigenvalue weighted by Gasteiger charge is -2.04. The second kappa shape index (κ2) is 5.13. The Balaban J connectivity index is 4.27. The number of nitrogens with zero attached hydrogens (tertiary/aromatic N) is 1. The van der Waals surface area contributed by atoms with Gasteiger partial charge in [-0.25, -0.2) is 0 Å². The van der Waals surface area contributed by atoms with Crippen molar-refractivity contribution in [3.8, 4) is 0 Å². The second-order valence-corrected chi connectivity index (χ2v) is 3.95. The first-order chi connectivity index (χ1) is 5.45. The zero-order valence-corrected chi connectivity index (χ0v) is 9.18. The van der Waals surface area contributed by atoms with Gasteiger partial charge < -0.3 is 0 Å². The molecular weight excluding hydrogens is 146 g/mol. The van der Waals surface area contributed by atoms with Crippen LogP contribution in [-0.4, -0.2) is 5.71 Å². The maximum atomic E-state index is 4.40. The van der Waals surface area contributed by atoms with Crippen molar-refractivity contribution in [3.05, 3.63) is 11.8 Å². The topological polar surface area (TPSA) is 12.4 Å². The van der Waals surface area contributed by atoms with E-state index in [-0.39, 0.29) is 0 Å². The van der Waals surface area contributed by atoms with Crippen LogP contribution in [0.4, 0.5) is 0 Å². The summed E-state index contributed by atoms with van der Waals surface area (Å²) in [5, 5.41) is 0. The lowest BCUT2D eigenvalue weighted by atomic mass is 10.1. The molecule has 0 aromatic carbocycles. The monoisotopic (exact) mass is 167 g/mol. The molecule has 0 bridgehead atoms. The fourth-order valence-corrected chi connectivity index (χ4v) is 0.502. The summed E-state index contributed by atoms with van der Waals surface area (Å²) in [4.78, 5) is 4.40. The molecule has 0 spiro atoms. The summed E-state index contributed by atoms with van der Waals surface area (Å²) in [6.07, 6.45) is 1.99. The van der Waals surface area contributed by atoms with Crippen molar-refractivity contribution in [2.24, 2.45) is 16.8 Å². The quantitative estimate of drug-likeness (QED) is 0.569. The molecule has 0 N–H and O–H groups in total.